The van der Waals surface area contributed by atoms with E-state index in [1.165, 1.54) is 11.3 Å². The maximum Gasteiger partial charge on any atom is 0.220 e. The van der Waals surface area contributed by atoms with Crippen molar-refractivity contribution in [1.82, 2.24) is 15.1 Å². The van der Waals surface area contributed by atoms with Crippen LogP contribution < -0.4 is 10.2 Å². The Morgan fingerprint density at radius 1 is 1.32 bits per heavy atom. The maximum atomic E-state index is 12.0. The molecule has 1 aromatic carbocycles. The summed E-state index contributed by atoms with van der Waals surface area (Å²) in [6.45, 7) is 2.68. The van der Waals surface area contributed by atoms with Crippen LogP contribution in [0.15, 0.2) is 42.7 Å². The van der Waals surface area contributed by atoms with Gasteiger partial charge in [0.25, 0.3) is 0 Å². The second kappa shape index (κ2) is 7.64. The Balaban J connectivity index is 1.75. The van der Waals surface area contributed by atoms with Crippen LogP contribution >= 0.6 is 0 Å². The average molecular weight is 300 g/mol. The molecule has 2 rings (SSSR count). The van der Waals surface area contributed by atoms with Gasteiger partial charge in [-0.2, -0.15) is 5.10 Å². The number of benzene rings is 1. The summed E-state index contributed by atoms with van der Waals surface area (Å²) < 4.78 is 1.82. The highest BCUT2D eigenvalue weighted by Crippen LogP contribution is 2.13. The first-order chi connectivity index (χ1) is 10.5. The average Bonchev–Trinajstić information content (AvgIpc) is 2.98. The van der Waals surface area contributed by atoms with Crippen molar-refractivity contribution in [1.29, 1.82) is 0 Å². The van der Waals surface area contributed by atoms with Crippen LogP contribution in [0.4, 0.5) is 5.69 Å². The van der Waals surface area contributed by atoms with Gasteiger partial charge in [0.2, 0.25) is 5.91 Å². The van der Waals surface area contributed by atoms with Gasteiger partial charge in [0.05, 0.1) is 6.54 Å². The van der Waals surface area contributed by atoms with Gasteiger partial charge in [-0.15, -0.1) is 0 Å². The molecule has 1 aromatic heterocycles. The normalized spacial score (nSPS) is 12.0. The molecule has 0 unspecified atom stereocenters. The van der Waals surface area contributed by atoms with Crippen molar-refractivity contribution in [2.24, 2.45) is 0 Å². The summed E-state index contributed by atoms with van der Waals surface area (Å²) in [4.78, 5) is 14.0. The fraction of sp³-hybridized carbons (Fsp3) is 0.412. The van der Waals surface area contributed by atoms with Crippen LogP contribution in [0.2, 0.25) is 0 Å². The molecule has 0 aliphatic heterocycles. The van der Waals surface area contributed by atoms with Gasteiger partial charge >= 0.3 is 0 Å². The topological polar surface area (TPSA) is 50.2 Å². The largest absolute Gasteiger partial charge is 0.378 e. The number of hydrogen-bond acceptors (Lipinski definition) is 3. The summed E-state index contributed by atoms with van der Waals surface area (Å²) in [5, 5.41) is 7.15. The number of carbonyl (C=O) groups is 1. The van der Waals surface area contributed by atoms with E-state index in [0.717, 1.165) is 6.42 Å². The SMILES string of the molecule is C[C@H](Cn1cccn1)NC(=O)CCc1ccc(N(C)C)cc1. The standard InChI is InChI=1S/C17H24N4O/c1-14(13-21-12-4-11-18-21)19-17(22)10-7-15-5-8-16(9-6-15)20(2)3/h4-6,8-9,11-12,14H,7,10,13H2,1-3H3,(H,19,22)/t14-/m1/s1. The Labute approximate surface area is 131 Å². The molecule has 0 saturated carbocycles. The quantitative estimate of drug-likeness (QED) is 0.852. The van der Waals surface area contributed by atoms with Crippen molar-refractivity contribution >= 4 is 11.6 Å². The number of hydrogen-bond donors (Lipinski definition) is 1. The van der Waals surface area contributed by atoms with Crippen LogP contribution in [0.5, 0.6) is 0 Å². The Bertz CT molecular complexity index is 575. The first-order valence-electron chi connectivity index (χ1n) is 7.57. The van der Waals surface area contributed by atoms with Crippen molar-refractivity contribution in [3.05, 3.63) is 48.3 Å². The van der Waals surface area contributed by atoms with E-state index in [1.807, 2.05) is 38.0 Å². The fourth-order valence-electron chi connectivity index (χ4n) is 2.30. The second-order valence-electron chi connectivity index (χ2n) is 5.76. The van der Waals surface area contributed by atoms with Gasteiger partial charge in [-0.05, 0) is 37.1 Å². The van der Waals surface area contributed by atoms with Gasteiger partial charge in [0.1, 0.15) is 0 Å². The van der Waals surface area contributed by atoms with Crippen molar-refractivity contribution in [2.45, 2.75) is 32.4 Å². The van der Waals surface area contributed by atoms with E-state index in [4.69, 9.17) is 0 Å². The van der Waals surface area contributed by atoms with E-state index in [9.17, 15) is 4.79 Å². The molecule has 5 nitrogen and oxygen atoms in total. The number of carbonyl (C=O) groups excluding carboxylic acids is 1. The third kappa shape index (κ3) is 4.91. The lowest BCUT2D eigenvalue weighted by Crippen LogP contribution is -2.35. The van der Waals surface area contributed by atoms with Crippen molar-refractivity contribution < 1.29 is 4.79 Å². The lowest BCUT2D eigenvalue weighted by atomic mass is 10.1. The van der Waals surface area contributed by atoms with Gasteiger partial charge in [-0.1, -0.05) is 12.1 Å². The van der Waals surface area contributed by atoms with E-state index in [1.54, 1.807) is 6.20 Å². The molecule has 0 radical (unpaired) electrons. The minimum atomic E-state index is 0.0727. The minimum Gasteiger partial charge on any atom is -0.378 e. The zero-order valence-corrected chi connectivity index (χ0v) is 13.5. The molecule has 0 saturated heterocycles. The lowest BCUT2D eigenvalue weighted by Gasteiger charge is -2.14. The van der Waals surface area contributed by atoms with Gasteiger partial charge in [-0.3, -0.25) is 9.48 Å². The molecule has 0 fully saturated rings. The Morgan fingerprint density at radius 2 is 2.05 bits per heavy atom. The van der Waals surface area contributed by atoms with Gasteiger partial charge in [0.15, 0.2) is 0 Å². The number of aryl methyl sites for hydroxylation is 1. The number of nitrogens with one attached hydrogen (secondary N) is 1. The molecule has 1 N–H and O–H groups in total. The molecule has 0 aliphatic rings. The third-order valence-electron chi connectivity index (χ3n) is 3.52. The van der Waals surface area contributed by atoms with Crippen LogP contribution in [-0.2, 0) is 17.8 Å². The predicted octanol–water partition coefficient (Wildman–Crippen LogP) is 2.09. The highest BCUT2D eigenvalue weighted by Gasteiger charge is 2.08. The van der Waals surface area contributed by atoms with E-state index in [0.29, 0.717) is 13.0 Å². The Morgan fingerprint density at radius 3 is 2.64 bits per heavy atom. The summed E-state index contributed by atoms with van der Waals surface area (Å²) in [6, 6.07) is 10.3. The van der Waals surface area contributed by atoms with Crippen LogP contribution in [0.25, 0.3) is 0 Å². The summed E-state index contributed by atoms with van der Waals surface area (Å²) >= 11 is 0. The van der Waals surface area contributed by atoms with Crippen LogP contribution in [0.3, 0.4) is 0 Å². The summed E-state index contributed by atoms with van der Waals surface area (Å²) in [7, 11) is 4.03. The highest BCUT2D eigenvalue weighted by molar-refractivity contribution is 5.76. The van der Waals surface area contributed by atoms with Gasteiger partial charge < -0.3 is 10.2 Å². The Kier molecular flexibility index (Phi) is 5.58. The molecule has 1 amide bonds. The predicted molar refractivity (Wildman–Crippen MR) is 88.9 cm³/mol. The summed E-state index contributed by atoms with van der Waals surface area (Å²) in [5.41, 5.74) is 2.35. The van der Waals surface area contributed by atoms with Crippen LogP contribution in [0, 0.1) is 0 Å². The monoisotopic (exact) mass is 300 g/mol. The first-order valence-corrected chi connectivity index (χ1v) is 7.57. The number of nitrogens with zero attached hydrogens (tertiary/aromatic N) is 3. The van der Waals surface area contributed by atoms with Crippen LogP contribution in [-0.4, -0.2) is 35.8 Å². The Hall–Kier alpha value is -2.30. The number of amides is 1. The molecule has 22 heavy (non-hydrogen) atoms. The molecule has 2 aromatic rings. The third-order valence-corrected chi connectivity index (χ3v) is 3.52. The summed E-state index contributed by atoms with van der Waals surface area (Å²) in [6.07, 6.45) is 4.90. The smallest absolute Gasteiger partial charge is 0.220 e. The molecule has 0 aliphatic carbocycles. The molecular weight excluding hydrogens is 276 g/mol. The van der Waals surface area contributed by atoms with E-state index >= 15 is 0 Å². The zero-order chi connectivity index (χ0) is 15.9. The number of aromatic nitrogens is 2. The molecule has 5 heteroatoms. The number of rotatable bonds is 7. The molecule has 0 bridgehead atoms. The van der Waals surface area contributed by atoms with E-state index < -0.39 is 0 Å². The van der Waals surface area contributed by atoms with Gasteiger partial charge in [0, 0.05) is 44.6 Å². The van der Waals surface area contributed by atoms with Crippen LogP contribution in [0.1, 0.15) is 18.9 Å². The minimum absolute atomic E-state index is 0.0727. The van der Waals surface area contributed by atoms with Crippen molar-refractivity contribution in [3.8, 4) is 0 Å². The van der Waals surface area contributed by atoms with E-state index in [-0.39, 0.29) is 11.9 Å². The van der Waals surface area contributed by atoms with Gasteiger partial charge in [-0.25, -0.2) is 0 Å². The molecule has 1 heterocycles. The number of anilines is 1. The first kappa shape index (κ1) is 16.1. The fourth-order valence-corrected chi connectivity index (χ4v) is 2.30. The highest BCUT2D eigenvalue weighted by atomic mass is 16.1. The van der Waals surface area contributed by atoms with E-state index in [2.05, 4.69) is 39.6 Å². The molecule has 1 atom stereocenters. The van der Waals surface area contributed by atoms with Crippen molar-refractivity contribution in [2.75, 3.05) is 19.0 Å². The maximum absolute atomic E-state index is 12.0. The molecular formula is C17H24N4O. The lowest BCUT2D eigenvalue weighted by molar-refractivity contribution is -0.121. The molecule has 0 spiro atoms. The second-order valence-corrected chi connectivity index (χ2v) is 5.76. The summed E-state index contributed by atoms with van der Waals surface area (Å²) in [5.74, 6) is 0.0799. The molecule has 118 valence electrons. The zero-order valence-electron chi connectivity index (χ0n) is 13.5. The van der Waals surface area contributed by atoms with Crippen molar-refractivity contribution in [3.63, 3.8) is 0 Å².